The molecule has 2 amide bonds. The SMILES string of the molecule is C=C(Nc1ccccc1)c1noc2c1C(=O)C(SCCNC(=O)Nc1ccccc1)=CC2=O. The number of nitrogens with zero attached hydrogens (tertiary/aromatic N) is 1. The zero-order valence-electron chi connectivity index (χ0n) is 17.5. The van der Waals surface area contributed by atoms with Crippen LogP contribution in [0.25, 0.3) is 5.70 Å². The van der Waals surface area contributed by atoms with E-state index in [2.05, 4.69) is 27.7 Å². The van der Waals surface area contributed by atoms with Gasteiger partial charge in [0.05, 0.1) is 10.6 Å². The second-order valence-corrected chi connectivity index (χ2v) is 8.14. The maximum absolute atomic E-state index is 13.1. The van der Waals surface area contributed by atoms with Crippen molar-refractivity contribution >= 4 is 46.4 Å². The van der Waals surface area contributed by atoms with Crippen molar-refractivity contribution in [3.8, 4) is 0 Å². The van der Waals surface area contributed by atoms with Gasteiger partial charge < -0.3 is 20.5 Å². The fourth-order valence-electron chi connectivity index (χ4n) is 3.13. The van der Waals surface area contributed by atoms with Crippen molar-refractivity contribution in [2.45, 2.75) is 0 Å². The number of fused-ring (bicyclic) bond motifs is 1. The molecule has 0 aliphatic heterocycles. The molecule has 1 aromatic heterocycles. The molecule has 0 bridgehead atoms. The first-order valence-electron chi connectivity index (χ1n) is 10.1. The molecule has 4 rings (SSSR count). The molecule has 1 aliphatic rings. The van der Waals surface area contributed by atoms with Crippen LogP contribution < -0.4 is 16.0 Å². The van der Waals surface area contributed by atoms with E-state index in [-0.39, 0.29) is 33.7 Å². The second kappa shape index (κ2) is 10.0. The number of ketones is 2. The molecule has 3 aromatic rings. The predicted octanol–water partition coefficient (Wildman–Crippen LogP) is 4.58. The van der Waals surface area contributed by atoms with Crippen molar-refractivity contribution < 1.29 is 18.9 Å². The van der Waals surface area contributed by atoms with E-state index in [0.717, 1.165) is 5.69 Å². The average Bonchev–Trinajstić information content (AvgIpc) is 3.27. The molecule has 2 aromatic carbocycles. The van der Waals surface area contributed by atoms with Gasteiger partial charge in [0.15, 0.2) is 0 Å². The van der Waals surface area contributed by atoms with E-state index in [1.807, 2.05) is 48.5 Å². The number of allylic oxidation sites excluding steroid dienone is 2. The molecule has 8 nitrogen and oxygen atoms in total. The molecule has 0 fully saturated rings. The highest BCUT2D eigenvalue weighted by Gasteiger charge is 2.34. The summed E-state index contributed by atoms with van der Waals surface area (Å²) >= 11 is 1.18. The maximum atomic E-state index is 13.1. The van der Waals surface area contributed by atoms with Gasteiger partial charge in [-0.2, -0.15) is 0 Å². The van der Waals surface area contributed by atoms with Crippen LogP contribution in [0.15, 0.2) is 82.7 Å². The third kappa shape index (κ3) is 5.21. The summed E-state index contributed by atoms with van der Waals surface area (Å²) < 4.78 is 5.15. The summed E-state index contributed by atoms with van der Waals surface area (Å²) in [4.78, 5) is 37.8. The van der Waals surface area contributed by atoms with Crippen LogP contribution in [0.1, 0.15) is 26.6 Å². The van der Waals surface area contributed by atoms with Gasteiger partial charge in [-0.15, -0.1) is 11.8 Å². The largest absolute Gasteiger partial charge is 0.354 e. The van der Waals surface area contributed by atoms with Crippen molar-refractivity contribution in [3.05, 3.63) is 95.2 Å². The zero-order valence-corrected chi connectivity index (χ0v) is 18.3. The Labute approximate surface area is 194 Å². The first-order chi connectivity index (χ1) is 16.0. The van der Waals surface area contributed by atoms with E-state index in [4.69, 9.17) is 4.52 Å². The van der Waals surface area contributed by atoms with Gasteiger partial charge in [0.2, 0.25) is 17.3 Å². The molecule has 33 heavy (non-hydrogen) atoms. The van der Waals surface area contributed by atoms with Gasteiger partial charge in [-0.1, -0.05) is 48.1 Å². The Morgan fingerprint density at radius 3 is 2.27 bits per heavy atom. The number of urea groups is 1. The first kappa shape index (κ1) is 22.1. The Balaban J connectivity index is 1.36. The third-order valence-corrected chi connectivity index (χ3v) is 5.68. The molecular weight excluding hydrogens is 440 g/mol. The smallest absolute Gasteiger partial charge is 0.319 e. The minimum absolute atomic E-state index is 0.0909. The predicted molar refractivity (Wildman–Crippen MR) is 128 cm³/mol. The topological polar surface area (TPSA) is 113 Å². The minimum Gasteiger partial charge on any atom is -0.354 e. The lowest BCUT2D eigenvalue weighted by Gasteiger charge is -2.13. The average molecular weight is 461 g/mol. The van der Waals surface area contributed by atoms with Gasteiger partial charge in [0, 0.05) is 29.7 Å². The summed E-state index contributed by atoms with van der Waals surface area (Å²) in [6.45, 7) is 4.24. The van der Waals surface area contributed by atoms with Crippen LogP contribution in [0, 0.1) is 0 Å². The number of amides is 2. The molecule has 0 saturated carbocycles. The van der Waals surface area contributed by atoms with Gasteiger partial charge in [-0.3, -0.25) is 9.59 Å². The van der Waals surface area contributed by atoms with Crippen LogP contribution in [0.2, 0.25) is 0 Å². The fourth-order valence-corrected chi connectivity index (χ4v) is 3.98. The number of nitrogens with one attached hydrogen (secondary N) is 3. The molecular formula is C24H20N4O4S. The Hall–Kier alpha value is -4.11. The van der Waals surface area contributed by atoms with Crippen LogP contribution in [-0.4, -0.2) is 35.1 Å². The number of hydrogen-bond acceptors (Lipinski definition) is 7. The molecule has 3 N–H and O–H groups in total. The lowest BCUT2D eigenvalue weighted by Crippen LogP contribution is -2.30. The van der Waals surface area contributed by atoms with Crippen molar-refractivity contribution in [2.75, 3.05) is 22.9 Å². The molecule has 1 heterocycles. The van der Waals surface area contributed by atoms with Crippen LogP contribution >= 0.6 is 11.8 Å². The summed E-state index contributed by atoms with van der Waals surface area (Å²) in [5.41, 5.74) is 2.07. The number of anilines is 2. The number of Topliss-reactive ketones (excluding diaryl/α,β-unsaturated/α-hetero) is 1. The van der Waals surface area contributed by atoms with Gasteiger partial charge in [0.1, 0.15) is 11.3 Å². The molecule has 1 aliphatic carbocycles. The molecule has 9 heteroatoms. The summed E-state index contributed by atoms with van der Waals surface area (Å²) in [5, 5.41) is 12.4. The molecule has 166 valence electrons. The van der Waals surface area contributed by atoms with Gasteiger partial charge in [-0.05, 0) is 24.3 Å². The Kier molecular flexibility index (Phi) is 6.70. The molecule has 0 unspecified atom stereocenters. The number of rotatable bonds is 8. The third-order valence-electron chi connectivity index (χ3n) is 4.66. The van der Waals surface area contributed by atoms with E-state index < -0.39 is 5.78 Å². The van der Waals surface area contributed by atoms with E-state index in [9.17, 15) is 14.4 Å². The Morgan fingerprint density at radius 2 is 1.61 bits per heavy atom. The van der Waals surface area contributed by atoms with Crippen LogP contribution in [-0.2, 0) is 0 Å². The summed E-state index contributed by atoms with van der Waals surface area (Å²) in [6.07, 6.45) is 1.24. The Morgan fingerprint density at radius 1 is 0.970 bits per heavy atom. The normalized spacial score (nSPS) is 12.5. The highest BCUT2D eigenvalue weighted by molar-refractivity contribution is 8.04. The second-order valence-electron chi connectivity index (χ2n) is 7.00. The minimum atomic E-state index is -0.437. The molecule has 0 atom stereocenters. The first-order valence-corrected chi connectivity index (χ1v) is 11.1. The number of carbonyl (C=O) groups excluding carboxylic acids is 3. The van der Waals surface area contributed by atoms with Crippen LogP contribution in [0.4, 0.5) is 16.2 Å². The standard InChI is InChI=1S/C24H20N4O4S/c1-15(26-16-8-4-2-5-9-16)21-20-22(30)19(14-18(29)23(20)32-28-21)33-13-12-25-24(31)27-17-10-6-3-7-11-17/h2-11,14,26H,1,12-13H2,(H2,25,27,31). The van der Waals surface area contributed by atoms with Crippen molar-refractivity contribution in [1.29, 1.82) is 0 Å². The highest BCUT2D eigenvalue weighted by Crippen LogP contribution is 2.32. The van der Waals surface area contributed by atoms with E-state index in [0.29, 0.717) is 23.7 Å². The summed E-state index contributed by atoms with van der Waals surface area (Å²) in [6, 6.07) is 18.0. The molecule has 0 radical (unpaired) electrons. The monoisotopic (exact) mass is 460 g/mol. The van der Waals surface area contributed by atoms with Crippen molar-refractivity contribution in [2.24, 2.45) is 0 Å². The number of aromatic nitrogens is 1. The van der Waals surface area contributed by atoms with Crippen LogP contribution in [0.3, 0.4) is 0 Å². The molecule has 0 saturated heterocycles. The number of para-hydroxylation sites is 2. The number of carbonyl (C=O) groups is 3. The zero-order chi connectivity index (χ0) is 23.2. The van der Waals surface area contributed by atoms with E-state index in [1.165, 1.54) is 17.8 Å². The van der Waals surface area contributed by atoms with Crippen LogP contribution in [0.5, 0.6) is 0 Å². The number of benzene rings is 2. The van der Waals surface area contributed by atoms with Crippen molar-refractivity contribution in [3.63, 3.8) is 0 Å². The number of hydrogen-bond donors (Lipinski definition) is 3. The highest BCUT2D eigenvalue weighted by atomic mass is 32.2. The lowest BCUT2D eigenvalue weighted by molar-refractivity contribution is 0.0967. The van der Waals surface area contributed by atoms with E-state index in [1.54, 1.807) is 12.1 Å². The van der Waals surface area contributed by atoms with Gasteiger partial charge >= 0.3 is 6.03 Å². The quantitative estimate of drug-likeness (QED) is 0.422. The van der Waals surface area contributed by atoms with Gasteiger partial charge in [-0.25, -0.2) is 4.79 Å². The Bertz CT molecular complexity index is 1240. The number of thioether (sulfide) groups is 1. The molecule has 0 spiro atoms. The summed E-state index contributed by atoms with van der Waals surface area (Å²) in [5.74, 6) is -0.508. The summed E-state index contributed by atoms with van der Waals surface area (Å²) in [7, 11) is 0. The maximum Gasteiger partial charge on any atom is 0.319 e. The fraction of sp³-hybridized carbons (Fsp3) is 0.0833. The lowest BCUT2D eigenvalue weighted by atomic mass is 9.99. The van der Waals surface area contributed by atoms with Crippen molar-refractivity contribution in [1.82, 2.24) is 10.5 Å². The van der Waals surface area contributed by atoms with E-state index >= 15 is 0 Å². The van der Waals surface area contributed by atoms with Gasteiger partial charge in [0.25, 0.3) is 0 Å².